The van der Waals surface area contributed by atoms with Crippen LogP contribution in [-0.2, 0) is 4.79 Å². The average molecular weight is 309 g/mol. The molecule has 2 unspecified atom stereocenters. The summed E-state index contributed by atoms with van der Waals surface area (Å²) in [7, 11) is 4.14. The van der Waals surface area contributed by atoms with Gasteiger partial charge in [-0.1, -0.05) is 6.92 Å². The Labute approximate surface area is 132 Å². The molecule has 1 aromatic heterocycles. The minimum atomic E-state index is -0.430. The molecule has 1 aliphatic heterocycles. The van der Waals surface area contributed by atoms with E-state index >= 15 is 0 Å². The Hall–Kier alpha value is -0.910. The molecule has 0 saturated carbocycles. The summed E-state index contributed by atoms with van der Waals surface area (Å²) in [5.74, 6) is 0.236. The first-order valence-electron chi connectivity index (χ1n) is 7.67. The summed E-state index contributed by atoms with van der Waals surface area (Å²) in [4.78, 5) is 19.5. The minimum Gasteiger partial charge on any atom is -0.320 e. The lowest BCUT2D eigenvalue weighted by atomic mass is 9.99. The number of aryl methyl sites for hydroxylation is 1. The van der Waals surface area contributed by atoms with Gasteiger partial charge in [0.25, 0.3) is 0 Å². The number of hydrogen-bond donors (Lipinski definition) is 1. The molecule has 1 aromatic rings. The largest absolute Gasteiger partial charge is 0.320 e. The maximum absolute atomic E-state index is 12.8. The second-order valence-electron chi connectivity index (χ2n) is 6.34. The van der Waals surface area contributed by atoms with Crippen LogP contribution in [0, 0.1) is 6.92 Å². The number of rotatable bonds is 6. The Morgan fingerprint density at radius 1 is 1.43 bits per heavy atom. The highest BCUT2D eigenvalue weighted by molar-refractivity contribution is 7.12. The normalized spacial score (nSPS) is 26.1. The van der Waals surface area contributed by atoms with Gasteiger partial charge in [0.2, 0.25) is 5.91 Å². The van der Waals surface area contributed by atoms with Crippen LogP contribution in [0.25, 0.3) is 0 Å². The van der Waals surface area contributed by atoms with E-state index in [0.717, 1.165) is 25.9 Å². The first-order valence-corrected chi connectivity index (χ1v) is 8.49. The van der Waals surface area contributed by atoms with E-state index in [1.54, 1.807) is 11.3 Å². The van der Waals surface area contributed by atoms with Gasteiger partial charge in [-0.05, 0) is 59.5 Å². The molecule has 2 atom stereocenters. The Bertz CT molecular complexity index is 499. The molecule has 1 saturated heterocycles. The molecule has 118 valence electrons. The highest BCUT2D eigenvalue weighted by Gasteiger charge is 2.47. The van der Waals surface area contributed by atoms with Crippen LogP contribution < -0.4 is 5.32 Å². The molecule has 2 heterocycles. The third kappa shape index (κ3) is 3.47. The van der Waals surface area contributed by atoms with Gasteiger partial charge in [-0.3, -0.25) is 10.1 Å². The highest BCUT2D eigenvalue weighted by Crippen LogP contribution is 2.35. The first-order chi connectivity index (χ1) is 9.87. The summed E-state index contributed by atoms with van der Waals surface area (Å²) < 4.78 is 0. The van der Waals surface area contributed by atoms with Crippen molar-refractivity contribution >= 4 is 17.2 Å². The topological polar surface area (TPSA) is 35.6 Å². The molecule has 1 aliphatic rings. The number of hydrogen-bond acceptors (Lipinski definition) is 4. The lowest BCUT2D eigenvalue weighted by molar-refractivity contribution is -0.133. The number of carbonyl (C=O) groups excluding carboxylic acids is 1. The Morgan fingerprint density at radius 3 is 2.67 bits per heavy atom. The van der Waals surface area contributed by atoms with E-state index in [9.17, 15) is 4.79 Å². The molecular weight excluding hydrogens is 282 g/mol. The van der Waals surface area contributed by atoms with E-state index in [0.29, 0.717) is 0 Å². The van der Waals surface area contributed by atoms with Crippen LogP contribution in [0.15, 0.2) is 12.1 Å². The predicted octanol–water partition coefficient (Wildman–Crippen LogP) is 2.61. The predicted molar refractivity (Wildman–Crippen MR) is 88.5 cm³/mol. The van der Waals surface area contributed by atoms with Crippen LogP contribution in [0.4, 0.5) is 0 Å². The zero-order valence-corrected chi connectivity index (χ0v) is 14.6. The average Bonchev–Trinajstić information content (AvgIpc) is 2.95. The monoisotopic (exact) mass is 309 g/mol. The first kappa shape index (κ1) is 16.5. The van der Waals surface area contributed by atoms with E-state index in [1.165, 1.54) is 9.75 Å². The van der Waals surface area contributed by atoms with Gasteiger partial charge >= 0.3 is 0 Å². The van der Waals surface area contributed by atoms with Crippen LogP contribution in [0.2, 0.25) is 0 Å². The number of carbonyl (C=O) groups is 1. The second kappa shape index (κ2) is 6.46. The van der Waals surface area contributed by atoms with E-state index in [-0.39, 0.29) is 12.1 Å². The second-order valence-corrected chi connectivity index (χ2v) is 7.66. The number of nitrogens with zero attached hydrogens (tertiary/aromatic N) is 2. The molecule has 5 heteroatoms. The molecule has 0 bridgehead atoms. The van der Waals surface area contributed by atoms with Crippen LogP contribution in [-0.4, -0.2) is 48.4 Å². The van der Waals surface area contributed by atoms with Gasteiger partial charge in [-0.25, -0.2) is 0 Å². The number of amides is 1. The summed E-state index contributed by atoms with van der Waals surface area (Å²) in [5, 5.41) is 3.56. The van der Waals surface area contributed by atoms with E-state index in [2.05, 4.69) is 50.3 Å². The van der Waals surface area contributed by atoms with Gasteiger partial charge in [0.1, 0.15) is 6.17 Å². The Kier molecular flexibility index (Phi) is 5.07. The van der Waals surface area contributed by atoms with Crippen LogP contribution in [0.3, 0.4) is 0 Å². The summed E-state index contributed by atoms with van der Waals surface area (Å²) in [6, 6.07) is 4.27. The minimum absolute atomic E-state index is 0.0308. The maximum atomic E-state index is 12.8. The summed E-state index contributed by atoms with van der Waals surface area (Å²) in [5.41, 5.74) is -0.430. The zero-order chi connectivity index (χ0) is 15.6. The lowest BCUT2D eigenvalue weighted by Crippen LogP contribution is -2.43. The van der Waals surface area contributed by atoms with Crippen molar-refractivity contribution in [2.24, 2.45) is 0 Å². The van der Waals surface area contributed by atoms with Gasteiger partial charge in [0.15, 0.2) is 0 Å². The molecule has 0 spiro atoms. The standard InChI is InChI=1S/C16H27N3OS/c1-6-16(3)15(20)19(11-7-10-18(4)5)14(17-16)13-9-8-12(2)21-13/h8-9,14,17H,6-7,10-11H2,1-5H3. The quantitative estimate of drug-likeness (QED) is 0.877. The summed E-state index contributed by atoms with van der Waals surface area (Å²) >= 11 is 1.77. The van der Waals surface area contributed by atoms with Crippen molar-refractivity contribution in [1.29, 1.82) is 0 Å². The van der Waals surface area contributed by atoms with Crippen molar-refractivity contribution in [3.63, 3.8) is 0 Å². The Balaban J connectivity index is 2.17. The summed E-state index contributed by atoms with van der Waals surface area (Å²) in [6.07, 6.45) is 1.85. The molecule has 2 rings (SSSR count). The molecule has 0 aromatic carbocycles. The van der Waals surface area contributed by atoms with Gasteiger partial charge in [-0.2, -0.15) is 0 Å². The van der Waals surface area contributed by atoms with Crippen molar-refractivity contribution in [1.82, 2.24) is 15.1 Å². The number of nitrogens with one attached hydrogen (secondary N) is 1. The molecular formula is C16H27N3OS. The van der Waals surface area contributed by atoms with Crippen molar-refractivity contribution < 1.29 is 4.79 Å². The van der Waals surface area contributed by atoms with Crippen molar-refractivity contribution in [2.75, 3.05) is 27.2 Å². The van der Waals surface area contributed by atoms with Gasteiger partial charge in [-0.15, -0.1) is 11.3 Å². The van der Waals surface area contributed by atoms with Gasteiger partial charge in [0.05, 0.1) is 5.54 Å². The van der Waals surface area contributed by atoms with E-state index in [1.807, 2.05) is 11.8 Å². The molecule has 1 N–H and O–H groups in total. The van der Waals surface area contributed by atoms with Crippen LogP contribution in [0.5, 0.6) is 0 Å². The molecule has 4 nitrogen and oxygen atoms in total. The molecule has 21 heavy (non-hydrogen) atoms. The van der Waals surface area contributed by atoms with Gasteiger partial charge in [0, 0.05) is 16.3 Å². The van der Waals surface area contributed by atoms with E-state index < -0.39 is 5.54 Å². The number of thiophene rings is 1. The van der Waals surface area contributed by atoms with Crippen molar-refractivity contribution in [3.8, 4) is 0 Å². The van der Waals surface area contributed by atoms with E-state index in [4.69, 9.17) is 0 Å². The van der Waals surface area contributed by atoms with Crippen molar-refractivity contribution in [2.45, 2.75) is 45.3 Å². The SMILES string of the molecule is CCC1(C)NC(c2ccc(C)s2)N(CCCN(C)C)C1=O. The molecule has 0 radical (unpaired) electrons. The van der Waals surface area contributed by atoms with Crippen LogP contribution in [0.1, 0.15) is 42.6 Å². The van der Waals surface area contributed by atoms with Crippen molar-refractivity contribution in [3.05, 3.63) is 21.9 Å². The Morgan fingerprint density at radius 2 is 2.14 bits per heavy atom. The fourth-order valence-corrected chi connectivity index (χ4v) is 3.68. The van der Waals surface area contributed by atoms with Gasteiger partial charge < -0.3 is 9.80 Å². The maximum Gasteiger partial charge on any atom is 0.244 e. The smallest absolute Gasteiger partial charge is 0.244 e. The molecule has 1 amide bonds. The van der Waals surface area contributed by atoms with Crippen LogP contribution >= 0.6 is 11.3 Å². The molecule has 0 aliphatic carbocycles. The third-order valence-electron chi connectivity index (χ3n) is 4.24. The lowest BCUT2D eigenvalue weighted by Gasteiger charge is -2.24. The fraction of sp³-hybridized carbons (Fsp3) is 0.688. The molecule has 1 fully saturated rings. The highest BCUT2D eigenvalue weighted by atomic mass is 32.1. The fourth-order valence-electron chi connectivity index (χ4n) is 2.74. The zero-order valence-electron chi connectivity index (χ0n) is 13.8. The third-order valence-corrected chi connectivity index (χ3v) is 5.30. The summed E-state index contributed by atoms with van der Waals surface area (Å²) in [6.45, 7) is 8.02.